The van der Waals surface area contributed by atoms with E-state index in [-0.39, 0.29) is 17.2 Å². The van der Waals surface area contributed by atoms with Crippen LogP contribution < -0.4 is 10.6 Å². The zero-order chi connectivity index (χ0) is 21.4. The second kappa shape index (κ2) is 8.29. The molecule has 6 rings (SSSR count). The Morgan fingerprint density at radius 3 is 2.45 bits per heavy atom. The fourth-order valence-corrected chi connectivity index (χ4v) is 6.84. The maximum atomic E-state index is 13.0. The van der Waals surface area contributed by atoms with Gasteiger partial charge in [-0.25, -0.2) is 4.98 Å². The van der Waals surface area contributed by atoms with Gasteiger partial charge in [0.05, 0.1) is 11.0 Å². The van der Waals surface area contributed by atoms with Crippen molar-refractivity contribution in [2.45, 2.75) is 71.3 Å². The number of carbonyl (C=O) groups is 2. The van der Waals surface area contributed by atoms with Crippen LogP contribution in [-0.4, -0.2) is 27.9 Å². The summed E-state index contributed by atoms with van der Waals surface area (Å²) in [7, 11) is 0. The molecule has 4 aliphatic carbocycles. The van der Waals surface area contributed by atoms with Crippen molar-refractivity contribution >= 4 is 28.8 Å². The van der Waals surface area contributed by atoms with Crippen LogP contribution in [0.15, 0.2) is 24.3 Å². The van der Waals surface area contributed by atoms with E-state index >= 15 is 0 Å². The number of fused-ring (bicyclic) bond motifs is 1. The van der Waals surface area contributed by atoms with Crippen molar-refractivity contribution in [2.24, 2.45) is 23.2 Å². The number of aryl methyl sites for hydroxylation is 1. The number of para-hydroxylation sites is 2. The quantitative estimate of drug-likeness (QED) is 0.615. The average molecular weight is 423 g/mol. The predicted molar refractivity (Wildman–Crippen MR) is 122 cm³/mol. The molecule has 0 saturated heterocycles. The number of nitrogens with one attached hydrogen (secondary N) is 2. The minimum Gasteiger partial charge on any atom is -0.356 e. The number of rotatable bonds is 8. The number of anilines is 1. The van der Waals surface area contributed by atoms with Gasteiger partial charge in [-0.05, 0) is 81.3 Å². The molecule has 1 heterocycles. The number of aromatic nitrogens is 2. The van der Waals surface area contributed by atoms with Crippen molar-refractivity contribution in [1.82, 2.24) is 14.9 Å². The molecule has 2 amide bonds. The molecule has 166 valence electrons. The van der Waals surface area contributed by atoms with Crippen LogP contribution in [0.1, 0.15) is 64.7 Å². The molecule has 31 heavy (non-hydrogen) atoms. The lowest BCUT2D eigenvalue weighted by Gasteiger charge is -2.55. The summed E-state index contributed by atoms with van der Waals surface area (Å²) in [4.78, 5) is 30.2. The first kappa shape index (κ1) is 20.5. The lowest BCUT2D eigenvalue weighted by atomic mass is 9.49. The molecule has 0 unspecified atom stereocenters. The average Bonchev–Trinajstić information content (AvgIpc) is 3.07. The zero-order valence-electron chi connectivity index (χ0n) is 18.5. The molecule has 0 radical (unpaired) electrons. The Kier molecular flexibility index (Phi) is 5.49. The normalized spacial score (nSPS) is 28.7. The first-order valence-electron chi connectivity index (χ1n) is 12.1. The van der Waals surface area contributed by atoms with Crippen molar-refractivity contribution in [3.8, 4) is 0 Å². The zero-order valence-corrected chi connectivity index (χ0v) is 18.5. The molecule has 6 heteroatoms. The van der Waals surface area contributed by atoms with Crippen LogP contribution in [0.4, 0.5) is 5.95 Å². The van der Waals surface area contributed by atoms with Crippen LogP contribution in [-0.2, 0) is 16.1 Å². The smallest absolute Gasteiger partial charge is 0.226 e. The third-order valence-electron chi connectivity index (χ3n) is 7.74. The van der Waals surface area contributed by atoms with E-state index in [1.165, 1.54) is 19.3 Å². The summed E-state index contributed by atoms with van der Waals surface area (Å²) < 4.78 is 2.07. The molecule has 4 fully saturated rings. The Morgan fingerprint density at radius 1 is 1.10 bits per heavy atom. The second-order valence-corrected chi connectivity index (χ2v) is 10.2. The lowest BCUT2D eigenvalue weighted by Crippen LogP contribution is -2.53. The SMILES string of the molecule is CCCn1c(NC(=O)CCCNC(=O)C23CC4CC(CC(C4)C2)C3)nc2ccccc21. The molecular formula is C25H34N4O2. The summed E-state index contributed by atoms with van der Waals surface area (Å²) in [6, 6.07) is 7.96. The van der Waals surface area contributed by atoms with E-state index in [1.54, 1.807) is 0 Å². The first-order valence-corrected chi connectivity index (χ1v) is 12.1. The molecule has 6 nitrogen and oxygen atoms in total. The summed E-state index contributed by atoms with van der Waals surface area (Å²) in [5.74, 6) is 3.12. The molecule has 0 spiro atoms. The number of imidazole rings is 1. The van der Waals surface area contributed by atoms with Gasteiger partial charge in [-0.15, -0.1) is 0 Å². The van der Waals surface area contributed by atoms with Gasteiger partial charge in [0.2, 0.25) is 17.8 Å². The van der Waals surface area contributed by atoms with Crippen molar-refractivity contribution in [1.29, 1.82) is 0 Å². The maximum Gasteiger partial charge on any atom is 0.226 e. The van der Waals surface area contributed by atoms with E-state index in [1.807, 2.05) is 24.3 Å². The first-order chi connectivity index (χ1) is 15.1. The maximum absolute atomic E-state index is 13.0. The number of hydrogen-bond donors (Lipinski definition) is 2. The number of amides is 2. The molecule has 4 aliphatic rings. The van der Waals surface area contributed by atoms with E-state index < -0.39 is 0 Å². The van der Waals surface area contributed by atoms with Gasteiger partial charge in [-0.3, -0.25) is 14.9 Å². The molecule has 1 aromatic heterocycles. The van der Waals surface area contributed by atoms with Gasteiger partial charge in [0.25, 0.3) is 0 Å². The van der Waals surface area contributed by atoms with Gasteiger partial charge in [0.15, 0.2) is 0 Å². The molecule has 1 aromatic carbocycles. The van der Waals surface area contributed by atoms with Crippen LogP contribution >= 0.6 is 0 Å². The van der Waals surface area contributed by atoms with Crippen LogP contribution in [0.2, 0.25) is 0 Å². The van der Waals surface area contributed by atoms with Crippen molar-refractivity contribution in [2.75, 3.05) is 11.9 Å². The van der Waals surface area contributed by atoms with Gasteiger partial charge in [0.1, 0.15) is 0 Å². The fraction of sp³-hybridized carbons (Fsp3) is 0.640. The van der Waals surface area contributed by atoms with Gasteiger partial charge in [-0.1, -0.05) is 19.1 Å². The highest BCUT2D eigenvalue weighted by molar-refractivity contribution is 5.91. The number of nitrogens with zero attached hydrogens (tertiary/aromatic N) is 2. The summed E-state index contributed by atoms with van der Waals surface area (Å²) in [6.45, 7) is 3.50. The standard InChI is InChI=1S/C25H34N4O2/c1-2-10-29-21-7-4-3-6-20(21)27-24(29)28-22(30)8-5-9-26-23(31)25-14-17-11-18(15-25)13-19(12-17)16-25/h3-4,6-7,17-19H,2,5,8-16H2,1H3,(H,26,31)(H,27,28,30). The third-order valence-corrected chi connectivity index (χ3v) is 7.74. The van der Waals surface area contributed by atoms with Gasteiger partial charge in [0, 0.05) is 24.9 Å². The van der Waals surface area contributed by atoms with E-state index in [0.717, 1.165) is 61.0 Å². The monoisotopic (exact) mass is 422 g/mol. The Balaban J connectivity index is 1.12. The predicted octanol–water partition coefficient (Wildman–Crippen LogP) is 4.50. The fourth-order valence-electron chi connectivity index (χ4n) is 6.84. The van der Waals surface area contributed by atoms with Crippen LogP contribution in [0.5, 0.6) is 0 Å². The second-order valence-electron chi connectivity index (χ2n) is 10.2. The van der Waals surface area contributed by atoms with Crippen LogP contribution in [0, 0.1) is 23.2 Å². The molecule has 2 N–H and O–H groups in total. The van der Waals surface area contributed by atoms with Crippen LogP contribution in [0.25, 0.3) is 11.0 Å². The number of benzene rings is 1. The molecule has 4 saturated carbocycles. The third kappa shape index (κ3) is 3.97. The molecule has 0 atom stereocenters. The van der Waals surface area contributed by atoms with Gasteiger partial charge < -0.3 is 9.88 Å². The van der Waals surface area contributed by atoms with E-state index in [4.69, 9.17) is 0 Å². The Hall–Kier alpha value is -2.37. The highest BCUT2D eigenvalue weighted by Gasteiger charge is 2.54. The van der Waals surface area contributed by atoms with E-state index in [9.17, 15) is 9.59 Å². The lowest BCUT2D eigenvalue weighted by molar-refractivity contribution is -0.146. The van der Waals surface area contributed by atoms with E-state index in [0.29, 0.717) is 25.3 Å². The van der Waals surface area contributed by atoms with Gasteiger partial charge in [-0.2, -0.15) is 0 Å². The summed E-state index contributed by atoms with van der Waals surface area (Å²) >= 11 is 0. The minimum absolute atomic E-state index is 0.0447. The highest BCUT2D eigenvalue weighted by Crippen LogP contribution is 2.60. The largest absolute Gasteiger partial charge is 0.356 e. The summed E-state index contributed by atoms with van der Waals surface area (Å²) in [6.07, 6.45) is 9.28. The number of carbonyl (C=O) groups excluding carboxylic acids is 2. The minimum atomic E-state index is -0.109. The Bertz CT molecular complexity index is 944. The molecule has 4 bridgehead atoms. The Labute approximate surface area is 184 Å². The summed E-state index contributed by atoms with van der Waals surface area (Å²) in [5, 5.41) is 6.15. The summed E-state index contributed by atoms with van der Waals surface area (Å²) in [5.41, 5.74) is 1.83. The van der Waals surface area contributed by atoms with Crippen molar-refractivity contribution in [3.63, 3.8) is 0 Å². The van der Waals surface area contributed by atoms with Gasteiger partial charge >= 0.3 is 0 Å². The van der Waals surface area contributed by atoms with E-state index in [2.05, 4.69) is 27.1 Å². The number of hydrogen-bond acceptors (Lipinski definition) is 3. The molecule has 2 aromatic rings. The molecule has 0 aliphatic heterocycles. The Morgan fingerprint density at radius 2 is 1.77 bits per heavy atom. The van der Waals surface area contributed by atoms with Crippen molar-refractivity contribution in [3.05, 3.63) is 24.3 Å². The van der Waals surface area contributed by atoms with Crippen LogP contribution in [0.3, 0.4) is 0 Å². The highest BCUT2D eigenvalue weighted by atomic mass is 16.2. The molecular weight excluding hydrogens is 388 g/mol. The topological polar surface area (TPSA) is 76.0 Å². The van der Waals surface area contributed by atoms with Crippen molar-refractivity contribution < 1.29 is 9.59 Å².